The first-order chi connectivity index (χ1) is 8.52. The highest BCUT2D eigenvalue weighted by Crippen LogP contribution is 2.16. The number of nitrogens with zero attached hydrogens (tertiary/aromatic N) is 1. The van der Waals surface area contributed by atoms with E-state index in [9.17, 15) is 9.90 Å². The fourth-order valence-electron chi connectivity index (χ4n) is 1.73. The monoisotopic (exact) mass is 251 g/mol. The summed E-state index contributed by atoms with van der Waals surface area (Å²) in [5.74, 6) is -0.0419. The third kappa shape index (κ3) is 4.73. The number of rotatable bonds is 6. The van der Waals surface area contributed by atoms with E-state index in [0.29, 0.717) is 18.8 Å². The molecule has 0 aliphatic rings. The molecule has 1 rings (SSSR count). The van der Waals surface area contributed by atoms with Gasteiger partial charge in [0.05, 0.1) is 12.6 Å². The van der Waals surface area contributed by atoms with Crippen molar-refractivity contribution >= 4 is 11.6 Å². The number of aliphatic hydroxyl groups excluding tert-OH is 1. The van der Waals surface area contributed by atoms with Gasteiger partial charge in [-0.2, -0.15) is 0 Å². The van der Waals surface area contributed by atoms with Gasteiger partial charge in [-0.1, -0.05) is 12.1 Å². The normalized spacial score (nSPS) is 12.4. The predicted octanol–water partition coefficient (Wildman–Crippen LogP) is 0.370. The number of hydrogen-bond donors (Lipinski definition) is 3. The van der Waals surface area contributed by atoms with Crippen LogP contribution in [0.2, 0.25) is 0 Å². The molecule has 18 heavy (non-hydrogen) atoms. The average Bonchev–Trinajstić information content (AvgIpc) is 2.28. The summed E-state index contributed by atoms with van der Waals surface area (Å²) in [5, 5.41) is 12.7. The number of carbonyl (C=O) groups is 1. The summed E-state index contributed by atoms with van der Waals surface area (Å²) >= 11 is 0. The third-order valence-corrected chi connectivity index (χ3v) is 2.57. The van der Waals surface area contributed by atoms with Gasteiger partial charge in [0.25, 0.3) is 0 Å². The van der Waals surface area contributed by atoms with Gasteiger partial charge in [0.2, 0.25) is 5.91 Å². The quantitative estimate of drug-likeness (QED) is 0.638. The van der Waals surface area contributed by atoms with Gasteiger partial charge in [-0.3, -0.25) is 9.69 Å². The number of nitrogens with two attached hydrogens (primary N) is 1. The van der Waals surface area contributed by atoms with E-state index in [-0.39, 0.29) is 12.5 Å². The Bertz CT molecular complexity index is 396. The van der Waals surface area contributed by atoms with E-state index >= 15 is 0 Å². The number of nitrogen functional groups attached to an aromatic ring is 1. The SMILES string of the molecule is CCNC(=O)CN(C)CC(O)c1cccc(N)c1. The van der Waals surface area contributed by atoms with Crippen molar-refractivity contribution in [3.63, 3.8) is 0 Å². The molecule has 5 heteroatoms. The van der Waals surface area contributed by atoms with Crippen LogP contribution in [0.5, 0.6) is 0 Å². The average molecular weight is 251 g/mol. The van der Waals surface area contributed by atoms with Crippen LogP contribution in [0.25, 0.3) is 0 Å². The lowest BCUT2D eigenvalue weighted by molar-refractivity contribution is -0.122. The van der Waals surface area contributed by atoms with Crippen LogP contribution in [-0.4, -0.2) is 42.6 Å². The number of aliphatic hydroxyl groups is 1. The maximum absolute atomic E-state index is 11.4. The molecule has 4 N–H and O–H groups in total. The van der Waals surface area contributed by atoms with Gasteiger partial charge >= 0.3 is 0 Å². The Labute approximate surface area is 108 Å². The first-order valence-electron chi connectivity index (χ1n) is 6.01. The maximum atomic E-state index is 11.4. The molecule has 1 amide bonds. The lowest BCUT2D eigenvalue weighted by Crippen LogP contribution is -2.36. The number of carbonyl (C=O) groups excluding carboxylic acids is 1. The smallest absolute Gasteiger partial charge is 0.234 e. The van der Waals surface area contributed by atoms with E-state index in [0.717, 1.165) is 5.56 Å². The minimum absolute atomic E-state index is 0.0419. The Morgan fingerprint density at radius 3 is 2.89 bits per heavy atom. The van der Waals surface area contributed by atoms with E-state index in [1.54, 1.807) is 30.1 Å². The second kappa shape index (κ2) is 6.98. The Balaban J connectivity index is 2.49. The van der Waals surface area contributed by atoms with Crippen molar-refractivity contribution in [3.8, 4) is 0 Å². The van der Waals surface area contributed by atoms with Crippen LogP contribution >= 0.6 is 0 Å². The van der Waals surface area contributed by atoms with Crippen molar-refractivity contribution in [2.45, 2.75) is 13.0 Å². The molecule has 100 valence electrons. The van der Waals surface area contributed by atoms with Crippen molar-refractivity contribution in [2.75, 3.05) is 32.4 Å². The van der Waals surface area contributed by atoms with Crippen molar-refractivity contribution in [1.82, 2.24) is 10.2 Å². The van der Waals surface area contributed by atoms with Gasteiger partial charge in [0.15, 0.2) is 0 Å². The number of nitrogens with one attached hydrogen (secondary N) is 1. The van der Waals surface area contributed by atoms with E-state index in [4.69, 9.17) is 5.73 Å². The van der Waals surface area contributed by atoms with E-state index < -0.39 is 6.10 Å². The highest BCUT2D eigenvalue weighted by Gasteiger charge is 2.13. The van der Waals surface area contributed by atoms with Crippen molar-refractivity contribution in [3.05, 3.63) is 29.8 Å². The van der Waals surface area contributed by atoms with Crippen LogP contribution in [0.4, 0.5) is 5.69 Å². The molecule has 0 spiro atoms. The lowest BCUT2D eigenvalue weighted by Gasteiger charge is -2.20. The Hall–Kier alpha value is -1.59. The lowest BCUT2D eigenvalue weighted by atomic mass is 10.1. The highest BCUT2D eigenvalue weighted by molar-refractivity contribution is 5.77. The molecule has 0 saturated heterocycles. The summed E-state index contributed by atoms with van der Waals surface area (Å²) in [4.78, 5) is 13.1. The molecular formula is C13H21N3O2. The first-order valence-corrected chi connectivity index (χ1v) is 6.01. The van der Waals surface area contributed by atoms with Crippen LogP contribution in [0, 0.1) is 0 Å². The second-order valence-electron chi connectivity index (χ2n) is 4.34. The van der Waals surface area contributed by atoms with Crippen LogP contribution < -0.4 is 11.1 Å². The summed E-state index contributed by atoms with van der Waals surface area (Å²) in [6.07, 6.45) is -0.645. The predicted molar refractivity (Wildman–Crippen MR) is 72.0 cm³/mol. The molecule has 0 aromatic heterocycles. The largest absolute Gasteiger partial charge is 0.399 e. The fraction of sp³-hybridized carbons (Fsp3) is 0.462. The molecule has 0 bridgehead atoms. The van der Waals surface area contributed by atoms with Crippen LogP contribution in [-0.2, 0) is 4.79 Å². The van der Waals surface area contributed by atoms with Crippen LogP contribution in [0.3, 0.4) is 0 Å². The molecule has 0 aliphatic carbocycles. The van der Waals surface area contributed by atoms with Crippen molar-refractivity contribution in [2.24, 2.45) is 0 Å². The Kier molecular flexibility index (Phi) is 5.61. The van der Waals surface area contributed by atoms with E-state index in [2.05, 4.69) is 5.32 Å². The minimum Gasteiger partial charge on any atom is -0.399 e. The molecule has 1 aromatic carbocycles. The molecule has 0 heterocycles. The minimum atomic E-state index is -0.645. The third-order valence-electron chi connectivity index (χ3n) is 2.57. The number of hydrogen-bond acceptors (Lipinski definition) is 4. The molecule has 0 aliphatic heterocycles. The van der Waals surface area contributed by atoms with E-state index in [1.807, 2.05) is 13.0 Å². The first kappa shape index (κ1) is 14.5. The molecule has 1 unspecified atom stereocenters. The standard InChI is InChI=1S/C13H21N3O2/c1-3-15-13(18)9-16(2)8-12(17)10-5-4-6-11(14)7-10/h4-7,12,17H,3,8-9,14H2,1-2H3,(H,15,18). The van der Waals surface area contributed by atoms with Crippen LogP contribution in [0.1, 0.15) is 18.6 Å². The summed E-state index contributed by atoms with van der Waals surface area (Å²) in [6, 6.07) is 7.14. The summed E-state index contributed by atoms with van der Waals surface area (Å²) in [5.41, 5.74) is 7.04. The number of amides is 1. The number of benzene rings is 1. The molecule has 5 nitrogen and oxygen atoms in total. The Morgan fingerprint density at radius 1 is 1.56 bits per heavy atom. The topological polar surface area (TPSA) is 78.6 Å². The van der Waals surface area contributed by atoms with Crippen LogP contribution in [0.15, 0.2) is 24.3 Å². The summed E-state index contributed by atoms with van der Waals surface area (Å²) in [6.45, 7) is 3.15. The van der Waals surface area contributed by atoms with Crippen molar-refractivity contribution < 1.29 is 9.90 Å². The van der Waals surface area contributed by atoms with Gasteiger partial charge in [-0.05, 0) is 31.7 Å². The molecular weight excluding hydrogens is 230 g/mol. The van der Waals surface area contributed by atoms with Gasteiger partial charge in [0, 0.05) is 18.8 Å². The van der Waals surface area contributed by atoms with Crippen molar-refractivity contribution in [1.29, 1.82) is 0 Å². The second-order valence-corrected chi connectivity index (χ2v) is 4.34. The number of likely N-dealkylation sites (N-methyl/N-ethyl adjacent to an activating group) is 2. The molecule has 1 aromatic rings. The molecule has 0 saturated carbocycles. The molecule has 0 fully saturated rings. The van der Waals surface area contributed by atoms with Gasteiger partial charge < -0.3 is 16.2 Å². The zero-order valence-electron chi connectivity index (χ0n) is 10.9. The number of anilines is 1. The fourth-order valence-corrected chi connectivity index (χ4v) is 1.73. The molecule has 1 atom stereocenters. The molecule has 0 radical (unpaired) electrons. The summed E-state index contributed by atoms with van der Waals surface area (Å²) < 4.78 is 0. The van der Waals surface area contributed by atoms with E-state index in [1.165, 1.54) is 0 Å². The highest BCUT2D eigenvalue weighted by atomic mass is 16.3. The van der Waals surface area contributed by atoms with Gasteiger partial charge in [-0.25, -0.2) is 0 Å². The summed E-state index contributed by atoms with van der Waals surface area (Å²) in [7, 11) is 1.80. The van der Waals surface area contributed by atoms with Gasteiger partial charge in [-0.15, -0.1) is 0 Å². The zero-order valence-corrected chi connectivity index (χ0v) is 10.9. The van der Waals surface area contributed by atoms with Gasteiger partial charge in [0.1, 0.15) is 0 Å². The zero-order chi connectivity index (χ0) is 13.5. The Morgan fingerprint density at radius 2 is 2.28 bits per heavy atom. The maximum Gasteiger partial charge on any atom is 0.234 e.